The summed E-state index contributed by atoms with van der Waals surface area (Å²) in [4.78, 5) is 12.4. The van der Waals surface area contributed by atoms with Crippen LogP contribution in [0.2, 0.25) is 5.02 Å². The summed E-state index contributed by atoms with van der Waals surface area (Å²) in [6.07, 6.45) is 4.67. The van der Waals surface area contributed by atoms with E-state index in [0.29, 0.717) is 6.42 Å². The molecule has 1 nitrogen and oxygen atoms in total. The Morgan fingerprint density at radius 1 is 1.00 bits per heavy atom. The molecule has 21 heavy (non-hydrogen) atoms. The lowest BCUT2D eigenvalue weighted by Crippen LogP contribution is -2.17. The summed E-state index contributed by atoms with van der Waals surface area (Å²) < 4.78 is 0. The van der Waals surface area contributed by atoms with Gasteiger partial charge in [0.1, 0.15) is 0 Å². The molecule has 1 aliphatic carbocycles. The third-order valence-electron chi connectivity index (χ3n) is 3.99. The van der Waals surface area contributed by atoms with Gasteiger partial charge in [0, 0.05) is 22.9 Å². The summed E-state index contributed by atoms with van der Waals surface area (Å²) in [5.41, 5.74) is 3.19. The maximum Gasteiger partial charge on any atom is 0.159 e. The number of allylic oxidation sites excluding steroid dienone is 1. The molecule has 1 atom stereocenters. The molecule has 0 aromatic heterocycles. The third kappa shape index (κ3) is 3.25. The summed E-state index contributed by atoms with van der Waals surface area (Å²) in [6.45, 7) is 0. The minimum atomic E-state index is 0.184. The zero-order valence-electron chi connectivity index (χ0n) is 11.8. The van der Waals surface area contributed by atoms with Crippen LogP contribution in [-0.2, 0) is 4.79 Å². The van der Waals surface area contributed by atoms with Gasteiger partial charge in [-0.2, -0.15) is 0 Å². The average molecular weight is 297 g/mol. The number of carbonyl (C=O) groups excluding carboxylic acids is 1. The van der Waals surface area contributed by atoms with Gasteiger partial charge in [-0.25, -0.2) is 0 Å². The van der Waals surface area contributed by atoms with E-state index in [2.05, 4.69) is 0 Å². The molecule has 3 rings (SSSR count). The molecule has 2 aromatic carbocycles. The molecule has 0 bridgehead atoms. The van der Waals surface area contributed by atoms with Crippen molar-refractivity contribution in [3.8, 4) is 0 Å². The SMILES string of the molecule is O=C1CCC[C@H](c2ccc(Cl)cc2)/C1=C\c1ccccc1. The van der Waals surface area contributed by atoms with Crippen molar-refractivity contribution in [1.29, 1.82) is 0 Å². The van der Waals surface area contributed by atoms with Gasteiger partial charge >= 0.3 is 0 Å². The molecule has 1 fully saturated rings. The fourth-order valence-electron chi connectivity index (χ4n) is 2.91. The Kier molecular flexibility index (Phi) is 4.21. The van der Waals surface area contributed by atoms with Crippen molar-refractivity contribution in [2.75, 3.05) is 0 Å². The van der Waals surface area contributed by atoms with Crippen molar-refractivity contribution < 1.29 is 4.79 Å². The van der Waals surface area contributed by atoms with Crippen molar-refractivity contribution in [1.82, 2.24) is 0 Å². The molecule has 0 saturated heterocycles. The van der Waals surface area contributed by atoms with Gasteiger partial charge in [0.25, 0.3) is 0 Å². The van der Waals surface area contributed by atoms with Crippen LogP contribution in [0.5, 0.6) is 0 Å². The predicted molar refractivity (Wildman–Crippen MR) is 87.5 cm³/mol. The van der Waals surface area contributed by atoms with Gasteiger partial charge in [-0.3, -0.25) is 4.79 Å². The molecular weight excluding hydrogens is 280 g/mol. The van der Waals surface area contributed by atoms with Gasteiger partial charge in [-0.15, -0.1) is 0 Å². The van der Waals surface area contributed by atoms with Crippen LogP contribution in [0.15, 0.2) is 60.2 Å². The molecule has 0 N–H and O–H groups in total. The number of carbonyl (C=O) groups is 1. The Bertz CT molecular complexity index is 656. The van der Waals surface area contributed by atoms with E-state index in [9.17, 15) is 4.79 Å². The molecule has 106 valence electrons. The lowest BCUT2D eigenvalue weighted by Gasteiger charge is -2.25. The highest BCUT2D eigenvalue weighted by Gasteiger charge is 2.26. The second kappa shape index (κ2) is 6.28. The van der Waals surface area contributed by atoms with Crippen molar-refractivity contribution >= 4 is 23.5 Å². The quantitative estimate of drug-likeness (QED) is 0.691. The first kappa shape index (κ1) is 14.1. The van der Waals surface area contributed by atoms with Crippen molar-refractivity contribution in [3.05, 3.63) is 76.3 Å². The molecule has 1 saturated carbocycles. The Morgan fingerprint density at radius 3 is 2.43 bits per heavy atom. The predicted octanol–water partition coefficient (Wildman–Crippen LogP) is 5.26. The molecule has 2 aromatic rings. The van der Waals surface area contributed by atoms with Gasteiger partial charge in [0.15, 0.2) is 5.78 Å². The fraction of sp³-hybridized carbons (Fsp3) is 0.211. The van der Waals surface area contributed by atoms with E-state index < -0.39 is 0 Å². The topological polar surface area (TPSA) is 17.1 Å². The number of rotatable bonds is 2. The van der Waals surface area contributed by atoms with E-state index in [1.807, 2.05) is 60.7 Å². The zero-order valence-corrected chi connectivity index (χ0v) is 12.5. The number of hydrogen-bond acceptors (Lipinski definition) is 1. The van der Waals surface area contributed by atoms with Gasteiger partial charge in [0.05, 0.1) is 0 Å². The van der Waals surface area contributed by atoms with Crippen LogP contribution in [-0.4, -0.2) is 5.78 Å². The summed E-state index contributed by atoms with van der Waals surface area (Å²) >= 11 is 5.96. The minimum Gasteiger partial charge on any atom is -0.295 e. The van der Waals surface area contributed by atoms with Crippen LogP contribution in [0, 0.1) is 0 Å². The first-order chi connectivity index (χ1) is 10.2. The summed E-state index contributed by atoms with van der Waals surface area (Å²) in [6, 6.07) is 17.9. The largest absolute Gasteiger partial charge is 0.295 e. The standard InChI is InChI=1S/C19H17ClO/c20-16-11-9-15(10-12-16)17-7-4-8-19(21)18(17)13-14-5-2-1-3-6-14/h1-3,5-6,9-13,17H,4,7-8H2/b18-13+/t17-/m1/s1. The zero-order chi connectivity index (χ0) is 14.7. The first-order valence-electron chi connectivity index (χ1n) is 7.29. The second-order valence-electron chi connectivity index (χ2n) is 5.43. The highest BCUT2D eigenvalue weighted by Crippen LogP contribution is 2.36. The molecule has 0 amide bonds. The summed E-state index contributed by atoms with van der Waals surface area (Å²) in [5, 5.41) is 0.731. The normalized spacial score (nSPS) is 20.7. The van der Waals surface area contributed by atoms with Gasteiger partial charge in [0.2, 0.25) is 0 Å². The number of ketones is 1. The van der Waals surface area contributed by atoms with Gasteiger partial charge in [-0.1, -0.05) is 54.1 Å². The molecule has 0 aliphatic heterocycles. The minimum absolute atomic E-state index is 0.184. The Labute approximate surface area is 130 Å². The van der Waals surface area contributed by atoms with Gasteiger partial charge < -0.3 is 0 Å². The highest BCUT2D eigenvalue weighted by molar-refractivity contribution is 6.30. The van der Waals surface area contributed by atoms with E-state index in [0.717, 1.165) is 29.0 Å². The summed E-state index contributed by atoms with van der Waals surface area (Å²) in [5.74, 6) is 0.453. The molecule has 2 heteroatoms. The molecule has 0 unspecified atom stereocenters. The van der Waals surface area contributed by atoms with E-state index in [4.69, 9.17) is 11.6 Å². The monoisotopic (exact) mass is 296 g/mol. The number of benzene rings is 2. The van der Waals surface area contributed by atoms with E-state index in [-0.39, 0.29) is 11.7 Å². The molecule has 0 radical (unpaired) electrons. The number of halogens is 1. The lowest BCUT2D eigenvalue weighted by atomic mass is 9.78. The van der Waals surface area contributed by atoms with Crippen molar-refractivity contribution in [2.24, 2.45) is 0 Å². The van der Waals surface area contributed by atoms with Crippen LogP contribution < -0.4 is 0 Å². The lowest BCUT2D eigenvalue weighted by molar-refractivity contribution is -0.116. The Hall–Kier alpha value is -1.86. The highest BCUT2D eigenvalue weighted by atomic mass is 35.5. The van der Waals surface area contributed by atoms with Crippen LogP contribution >= 0.6 is 11.6 Å². The van der Waals surface area contributed by atoms with Gasteiger partial charge in [-0.05, 0) is 42.2 Å². The molecular formula is C19H17ClO. The smallest absolute Gasteiger partial charge is 0.159 e. The number of hydrogen-bond donors (Lipinski definition) is 0. The van der Waals surface area contributed by atoms with Crippen LogP contribution in [0.25, 0.3) is 6.08 Å². The fourth-order valence-corrected chi connectivity index (χ4v) is 3.04. The number of Topliss-reactive ketones (excluding diaryl/α,β-unsaturated/α-hetero) is 1. The maximum absolute atomic E-state index is 12.4. The van der Waals surface area contributed by atoms with E-state index in [1.54, 1.807) is 0 Å². The Morgan fingerprint density at radius 2 is 1.71 bits per heavy atom. The molecule has 0 spiro atoms. The third-order valence-corrected chi connectivity index (χ3v) is 4.24. The van der Waals surface area contributed by atoms with Crippen LogP contribution in [0.4, 0.5) is 0 Å². The van der Waals surface area contributed by atoms with Crippen molar-refractivity contribution in [2.45, 2.75) is 25.2 Å². The average Bonchev–Trinajstić information content (AvgIpc) is 2.51. The van der Waals surface area contributed by atoms with E-state index >= 15 is 0 Å². The van der Waals surface area contributed by atoms with Crippen LogP contribution in [0.3, 0.4) is 0 Å². The Balaban J connectivity index is 1.99. The van der Waals surface area contributed by atoms with Crippen molar-refractivity contribution in [3.63, 3.8) is 0 Å². The van der Waals surface area contributed by atoms with E-state index in [1.165, 1.54) is 5.56 Å². The second-order valence-corrected chi connectivity index (χ2v) is 5.87. The first-order valence-corrected chi connectivity index (χ1v) is 7.67. The molecule has 0 heterocycles. The summed E-state index contributed by atoms with van der Waals surface area (Å²) in [7, 11) is 0. The maximum atomic E-state index is 12.4. The van der Waals surface area contributed by atoms with Crippen LogP contribution in [0.1, 0.15) is 36.3 Å². The molecule has 1 aliphatic rings.